The van der Waals surface area contributed by atoms with Crippen molar-refractivity contribution in [3.8, 4) is 0 Å². The van der Waals surface area contributed by atoms with Crippen LogP contribution < -0.4 is 5.32 Å². The highest BCUT2D eigenvalue weighted by Crippen LogP contribution is 2.44. The number of amides is 1. The Kier molecular flexibility index (Phi) is 3.97. The van der Waals surface area contributed by atoms with Crippen molar-refractivity contribution in [3.63, 3.8) is 0 Å². The molecule has 0 aromatic heterocycles. The molecule has 2 N–H and O–H groups in total. The standard InChI is InChI=1S/C14H26N2O2/c1-10(2)6-7-15-13(17)11(3)16-8-14(18,9-16)12-4-5-12/h10-12,18H,4-9H2,1-3H3,(H,15,17). The van der Waals surface area contributed by atoms with E-state index >= 15 is 0 Å². The maximum absolute atomic E-state index is 11.9. The van der Waals surface area contributed by atoms with Gasteiger partial charge in [0.25, 0.3) is 0 Å². The Morgan fingerprint density at radius 2 is 2.00 bits per heavy atom. The van der Waals surface area contributed by atoms with Gasteiger partial charge in [0.1, 0.15) is 0 Å². The molecule has 1 amide bonds. The monoisotopic (exact) mass is 254 g/mol. The van der Waals surface area contributed by atoms with Gasteiger partial charge in [0, 0.05) is 19.6 Å². The molecule has 104 valence electrons. The second-order valence-electron chi connectivity index (χ2n) is 6.43. The summed E-state index contributed by atoms with van der Waals surface area (Å²) >= 11 is 0. The predicted molar refractivity (Wildman–Crippen MR) is 71.2 cm³/mol. The lowest BCUT2D eigenvalue weighted by atomic mass is 9.87. The van der Waals surface area contributed by atoms with E-state index in [4.69, 9.17) is 0 Å². The number of carbonyl (C=O) groups is 1. The highest BCUT2D eigenvalue weighted by molar-refractivity contribution is 5.81. The summed E-state index contributed by atoms with van der Waals surface area (Å²) in [6.45, 7) is 8.31. The number of β-amino-alcohol motifs (C(OH)–C–C–N with tert-alkyl or cyclic N) is 1. The van der Waals surface area contributed by atoms with Crippen LogP contribution in [0.3, 0.4) is 0 Å². The van der Waals surface area contributed by atoms with Crippen molar-refractivity contribution in [2.45, 2.75) is 51.7 Å². The quantitative estimate of drug-likeness (QED) is 0.743. The SMILES string of the molecule is CC(C)CCNC(=O)C(C)N1CC(O)(C2CC2)C1. The Morgan fingerprint density at radius 1 is 1.39 bits per heavy atom. The molecule has 0 aromatic rings. The van der Waals surface area contributed by atoms with Gasteiger partial charge in [-0.3, -0.25) is 9.69 Å². The summed E-state index contributed by atoms with van der Waals surface area (Å²) in [5.74, 6) is 1.20. The maximum Gasteiger partial charge on any atom is 0.237 e. The normalized spacial score (nSPS) is 24.7. The van der Waals surface area contributed by atoms with Gasteiger partial charge in [-0.1, -0.05) is 13.8 Å². The van der Waals surface area contributed by atoms with Crippen molar-refractivity contribution in [2.24, 2.45) is 11.8 Å². The first-order chi connectivity index (χ1) is 8.42. The fourth-order valence-corrected chi connectivity index (χ4v) is 2.61. The van der Waals surface area contributed by atoms with E-state index in [1.807, 2.05) is 6.92 Å². The fourth-order valence-electron chi connectivity index (χ4n) is 2.61. The lowest BCUT2D eigenvalue weighted by Gasteiger charge is -2.49. The van der Waals surface area contributed by atoms with E-state index < -0.39 is 5.60 Å². The Bertz CT molecular complexity index is 307. The second kappa shape index (κ2) is 5.17. The number of nitrogens with one attached hydrogen (secondary N) is 1. The van der Waals surface area contributed by atoms with Crippen LogP contribution in [0.5, 0.6) is 0 Å². The van der Waals surface area contributed by atoms with Gasteiger partial charge in [0.2, 0.25) is 5.91 Å². The Hall–Kier alpha value is -0.610. The minimum atomic E-state index is -0.494. The largest absolute Gasteiger partial charge is 0.387 e. The number of likely N-dealkylation sites (tertiary alicyclic amines) is 1. The van der Waals surface area contributed by atoms with Crippen molar-refractivity contribution in [3.05, 3.63) is 0 Å². The minimum absolute atomic E-state index is 0.0912. The number of aliphatic hydroxyl groups is 1. The molecule has 1 saturated heterocycles. The van der Waals surface area contributed by atoms with Crippen molar-refractivity contribution >= 4 is 5.91 Å². The summed E-state index contributed by atoms with van der Waals surface area (Å²) in [4.78, 5) is 14.0. The van der Waals surface area contributed by atoms with Crippen LogP contribution in [0.4, 0.5) is 0 Å². The van der Waals surface area contributed by atoms with Gasteiger partial charge < -0.3 is 10.4 Å². The van der Waals surface area contributed by atoms with E-state index in [0.717, 1.165) is 25.8 Å². The molecule has 0 radical (unpaired) electrons. The molecule has 1 saturated carbocycles. The van der Waals surface area contributed by atoms with Crippen LogP contribution in [0.2, 0.25) is 0 Å². The fraction of sp³-hybridized carbons (Fsp3) is 0.929. The molecular formula is C14H26N2O2. The smallest absolute Gasteiger partial charge is 0.237 e. The summed E-state index contributed by atoms with van der Waals surface area (Å²) in [6.07, 6.45) is 3.32. The summed E-state index contributed by atoms with van der Waals surface area (Å²) < 4.78 is 0. The van der Waals surface area contributed by atoms with Gasteiger partial charge in [0.15, 0.2) is 0 Å². The summed E-state index contributed by atoms with van der Waals surface area (Å²) in [5.41, 5.74) is -0.494. The van der Waals surface area contributed by atoms with Crippen molar-refractivity contribution in [1.29, 1.82) is 0 Å². The molecule has 2 fully saturated rings. The van der Waals surface area contributed by atoms with Gasteiger partial charge in [-0.15, -0.1) is 0 Å². The minimum Gasteiger partial charge on any atom is -0.387 e. The predicted octanol–water partition coefficient (Wildman–Crippen LogP) is 0.994. The van der Waals surface area contributed by atoms with Gasteiger partial charge in [0.05, 0.1) is 11.6 Å². The summed E-state index contributed by atoms with van der Waals surface area (Å²) in [7, 11) is 0. The van der Waals surface area contributed by atoms with E-state index in [0.29, 0.717) is 24.9 Å². The lowest BCUT2D eigenvalue weighted by molar-refractivity contribution is -0.147. The average molecular weight is 254 g/mol. The Morgan fingerprint density at radius 3 is 2.50 bits per heavy atom. The number of carbonyl (C=O) groups excluding carboxylic acids is 1. The van der Waals surface area contributed by atoms with Gasteiger partial charge in [-0.2, -0.15) is 0 Å². The topological polar surface area (TPSA) is 52.6 Å². The molecular weight excluding hydrogens is 228 g/mol. The van der Waals surface area contributed by atoms with Gasteiger partial charge in [-0.05, 0) is 38.0 Å². The zero-order valence-corrected chi connectivity index (χ0v) is 11.8. The number of hydrogen-bond acceptors (Lipinski definition) is 3. The van der Waals surface area contributed by atoms with Crippen LogP contribution in [0.15, 0.2) is 0 Å². The van der Waals surface area contributed by atoms with E-state index in [1.54, 1.807) is 0 Å². The van der Waals surface area contributed by atoms with Crippen LogP contribution in [0.25, 0.3) is 0 Å². The molecule has 0 aromatic carbocycles. The van der Waals surface area contributed by atoms with Crippen molar-refractivity contribution in [1.82, 2.24) is 10.2 Å². The zero-order valence-electron chi connectivity index (χ0n) is 11.8. The average Bonchev–Trinajstić information content (AvgIpc) is 3.07. The van der Waals surface area contributed by atoms with Crippen LogP contribution in [-0.2, 0) is 4.79 Å². The Balaban J connectivity index is 1.68. The van der Waals surface area contributed by atoms with Crippen LogP contribution in [0, 0.1) is 11.8 Å². The molecule has 1 atom stereocenters. The molecule has 1 unspecified atom stereocenters. The van der Waals surface area contributed by atoms with Crippen LogP contribution >= 0.6 is 0 Å². The molecule has 0 bridgehead atoms. The first-order valence-electron chi connectivity index (χ1n) is 7.16. The molecule has 18 heavy (non-hydrogen) atoms. The number of nitrogens with zero attached hydrogens (tertiary/aromatic N) is 1. The first kappa shape index (κ1) is 13.8. The molecule has 1 heterocycles. The highest BCUT2D eigenvalue weighted by Gasteiger charge is 2.53. The molecule has 2 aliphatic rings. The van der Waals surface area contributed by atoms with Crippen molar-refractivity contribution < 1.29 is 9.90 Å². The van der Waals surface area contributed by atoms with E-state index in [2.05, 4.69) is 24.1 Å². The van der Waals surface area contributed by atoms with Crippen LogP contribution in [0.1, 0.15) is 40.0 Å². The van der Waals surface area contributed by atoms with E-state index in [1.165, 1.54) is 0 Å². The van der Waals surface area contributed by atoms with Crippen molar-refractivity contribution in [2.75, 3.05) is 19.6 Å². The second-order valence-corrected chi connectivity index (χ2v) is 6.43. The third kappa shape index (κ3) is 3.04. The molecule has 1 aliphatic heterocycles. The lowest BCUT2D eigenvalue weighted by Crippen LogP contribution is -2.67. The van der Waals surface area contributed by atoms with Crippen LogP contribution in [-0.4, -0.2) is 47.2 Å². The maximum atomic E-state index is 11.9. The van der Waals surface area contributed by atoms with Gasteiger partial charge in [-0.25, -0.2) is 0 Å². The molecule has 0 spiro atoms. The van der Waals surface area contributed by atoms with E-state index in [9.17, 15) is 9.90 Å². The molecule has 4 nitrogen and oxygen atoms in total. The first-order valence-corrected chi connectivity index (χ1v) is 7.16. The number of hydrogen-bond donors (Lipinski definition) is 2. The summed E-state index contributed by atoms with van der Waals surface area (Å²) in [5, 5.41) is 13.2. The molecule has 4 heteroatoms. The third-order valence-corrected chi connectivity index (χ3v) is 4.24. The zero-order chi connectivity index (χ0) is 13.3. The van der Waals surface area contributed by atoms with E-state index in [-0.39, 0.29) is 11.9 Å². The molecule has 2 rings (SSSR count). The highest BCUT2D eigenvalue weighted by atomic mass is 16.3. The summed E-state index contributed by atoms with van der Waals surface area (Å²) in [6, 6.07) is -0.115. The van der Waals surface area contributed by atoms with Gasteiger partial charge >= 0.3 is 0 Å². The Labute approximate surface area is 110 Å². The third-order valence-electron chi connectivity index (χ3n) is 4.24. The molecule has 1 aliphatic carbocycles. The number of rotatable bonds is 6.